The molecule has 1 radical (unpaired) electrons. The number of rotatable bonds is 4. The molecule has 0 saturated carbocycles. The number of hydrogen-bond donors (Lipinski definition) is 0. The highest BCUT2D eigenvalue weighted by molar-refractivity contribution is 5.67. The van der Waals surface area contributed by atoms with Gasteiger partial charge in [0, 0.05) is 0 Å². The first-order valence-corrected chi connectivity index (χ1v) is 5.96. The van der Waals surface area contributed by atoms with E-state index in [0.29, 0.717) is 0 Å². The van der Waals surface area contributed by atoms with Crippen LogP contribution in [0.5, 0.6) is 0 Å². The second-order valence-electron chi connectivity index (χ2n) is 4.05. The van der Waals surface area contributed by atoms with Gasteiger partial charge in [0.15, 0.2) is 0 Å². The Morgan fingerprint density at radius 1 is 1.06 bits per heavy atom. The van der Waals surface area contributed by atoms with E-state index in [1.807, 2.05) is 6.07 Å². The predicted octanol–water partition coefficient (Wildman–Crippen LogP) is 4.50. The Hall–Kier alpha value is -1.56. The Kier molecular flexibility index (Phi) is 3.76. The lowest BCUT2D eigenvalue weighted by molar-refractivity contribution is 0.796. The molecule has 0 heteroatoms. The standard InChI is InChI=1S/C16H17/c1-2-3-9-14-12-7-8-13-16(14)15-10-5-4-6-11-15/h4-6,8,10-13H,2-3,9H2,1H3. The van der Waals surface area contributed by atoms with E-state index in [4.69, 9.17) is 0 Å². The van der Waals surface area contributed by atoms with E-state index in [9.17, 15) is 0 Å². The summed E-state index contributed by atoms with van der Waals surface area (Å²) in [5.74, 6) is 0. The van der Waals surface area contributed by atoms with Gasteiger partial charge in [-0.2, -0.15) is 0 Å². The van der Waals surface area contributed by atoms with Crippen molar-refractivity contribution in [2.24, 2.45) is 0 Å². The van der Waals surface area contributed by atoms with Gasteiger partial charge < -0.3 is 0 Å². The van der Waals surface area contributed by atoms with Crippen LogP contribution < -0.4 is 0 Å². The fourth-order valence-electron chi connectivity index (χ4n) is 1.94. The Balaban J connectivity index is 2.33. The minimum Gasteiger partial charge on any atom is -0.0654 e. The average Bonchev–Trinajstić information content (AvgIpc) is 2.38. The van der Waals surface area contributed by atoms with Crippen LogP contribution in [0.15, 0.2) is 48.5 Å². The maximum atomic E-state index is 3.18. The summed E-state index contributed by atoms with van der Waals surface area (Å²) >= 11 is 0. The first-order chi connectivity index (χ1) is 7.92. The zero-order chi connectivity index (χ0) is 11.2. The van der Waals surface area contributed by atoms with Gasteiger partial charge in [-0.1, -0.05) is 61.9 Å². The monoisotopic (exact) mass is 209 g/mol. The van der Waals surface area contributed by atoms with Crippen molar-refractivity contribution in [3.63, 3.8) is 0 Å². The molecule has 81 valence electrons. The van der Waals surface area contributed by atoms with Crippen LogP contribution in [-0.4, -0.2) is 0 Å². The minimum atomic E-state index is 1.15. The molecule has 0 N–H and O–H groups in total. The third kappa shape index (κ3) is 2.52. The topological polar surface area (TPSA) is 0 Å². The van der Waals surface area contributed by atoms with E-state index >= 15 is 0 Å². The molecule has 0 bridgehead atoms. The first-order valence-electron chi connectivity index (χ1n) is 5.96. The van der Waals surface area contributed by atoms with Gasteiger partial charge in [-0.15, -0.1) is 0 Å². The fraction of sp³-hybridized carbons (Fsp3) is 0.250. The van der Waals surface area contributed by atoms with Gasteiger partial charge in [-0.05, 0) is 35.6 Å². The fourth-order valence-corrected chi connectivity index (χ4v) is 1.94. The highest BCUT2D eigenvalue weighted by Gasteiger charge is 2.02. The van der Waals surface area contributed by atoms with Gasteiger partial charge in [-0.25, -0.2) is 0 Å². The Bertz CT molecular complexity index is 429. The van der Waals surface area contributed by atoms with E-state index in [0.717, 1.165) is 6.42 Å². The summed E-state index contributed by atoms with van der Waals surface area (Å²) in [6.45, 7) is 2.23. The second-order valence-corrected chi connectivity index (χ2v) is 4.05. The van der Waals surface area contributed by atoms with Crippen molar-refractivity contribution in [2.75, 3.05) is 0 Å². The molecule has 0 atom stereocenters. The van der Waals surface area contributed by atoms with Crippen molar-refractivity contribution in [2.45, 2.75) is 26.2 Å². The van der Waals surface area contributed by atoms with Crippen LogP contribution in [0, 0.1) is 6.07 Å². The lowest BCUT2D eigenvalue weighted by Gasteiger charge is -2.08. The molecule has 0 spiro atoms. The minimum absolute atomic E-state index is 1.15. The molecule has 0 aliphatic heterocycles. The summed E-state index contributed by atoms with van der Waals surface area (Å²) in [7, 11) is 0. The molecule has 0 aromatic heterocycles. The number of unbranched alkanes of at least 4 members (excludes halogenated alkanes) is 1. The van der Waals surface area contributed by atoms with Gasteiger partial charge in [0.2, 0.25) is 0 Å². The summed E-state index contributed by atoms with van der Waals surface area (Å²) in [5, 5.41) is 0. The summed E-state index contributed by atoms with van der Waals surface area (Å²) in [5.41, 5.74) is 4.07. The van der Waals surface area contributed by atoms with Crippen molar-refractivity contribution in [1.29, 1.82) is 0 Å². The quantitative estimate of drug-likeness (QED) is 0.695. The maximum absolute atomic E-state index is 3.18. The molecule has 0 amide bonds. The molecule has 0 fully saturated rings. The molecule has 2 rings (SSSR count). The van der Waals surface area contributed by atoms with E-state index < -0.39 is 0 Å². The number of hydrogen-bond acceptors (Lipinski definition) is 0. The normalized spacial score (nSPS) is 10.3. The average molecular weight is 209 g/mol. The highest BCUT2D eigenvalue weighted by Crippen LogP contribution is 2.24. The van der Waals surface area contributed by atoms with Crippen molar-refractivity contribution < 1.29 is 0 Å². The molecule has 0 aliphatic carbocycles. The van der Waals surface area contributed by atoms with Gasteiger partial charge in [0.05, 0.1) is 0 Å². The summed E-state index contributed by atoms with van der Waals surface area (Å²) in [6, 6.07) is 20.1. The lowest BCUT2D eigenvalue weighted by atomic mass is 9.96. The van der Waals surface area contributed by atoms with Crippen molar-refractivity contribution in [3.05, 3.63) is 60.2 Å². The molecule has 0 unspecified atom stereocenters. The Morgan fingerprint density at radius 3 is 2.62 bits per heavy atom. The van der Waals surface area contributed by atoms with E-state index in [1.165, 1.54) is 29.5 Å². The molecule has 2 aromatic rings. The van der Waals surface area contributed by atoms with E-state index in [2.05, 4.69) is 55.5 Å². The largest absolute Gasteiger partial charge is 0.0654 e. The maximum Gasteiger partial charge on any atom is -0.0151 e. The summed E-state index contributed by atoms with van der Waals surface area (Å²) in [6.07, 6.45) is 3.64. The molecule has 2 aromatic carbocycles. The smallest absolute Gasteiger partial charge is 0.0151 e. The third-order valence-corrected chi connectivity index (χ3v) is 2.83. The molecule has 0 heterocycles. The molecular weight excluding hydrogens is 192 g/mol. The molecule has 0 nitrogen and oxygen atoms in total. The Labute approximate surface area is 97.9 Å². The molecule has 0 saturated heterocycles. The second kappa shape index (κ2) is 5.50. The van der Waals surface area contributed by atoms with Crippen LogP contribution in [0.25, 0.3) is 11.1 Å². The van der Waals surface area contributed by atoms with Crippen molar-refractivity contribution in [1.82, 2.24) is 0 Å². The third-order valence-electron chi connectivity index (χ3n) is 2.83. The summed E-state index contributed by atoms with van der Waals surface area (Å²) < 4.78 is 0. The lowest BCUT2D eigenvalue weighted by Crippen LogP contribution is -1.89. The van der Waals surface area contributed by atoms with Gasteiger partial charge in [0.1, 0.15) is 0 Å². The Morgan fingerprint density at radius 2 is 1.88 bits per heavy atom. The van der Waals surface area contributed by atoms with Crippen LogP contribution in [-0.2, 0) is 6.42 Å². The van der Waals surface area contributed by atoms with Crippen LogP contribution in [0.4, 0.5) is 0 Å². The van der Waals surface area contributed by atoms with Gasteiger partial charge in [0.25, 0.3) is 0 Å². The van der Waals surface area contributed by atoms with Gasteiger partial charge in [-0.3, -0.25) is 0 Å². The van der Waals surface area contributed by atoms with Crippen LogP contribution in [0.1, 0.15) is 25.3 Å². The first kappa shape index (κ1) is 10.9. The van der Waals surface area contributed by atoms with Crippen LogP contribution in [0.3, 0.4) is 0 Å². The van der Waals surface area contributed by atoms with E-state index in [-0.39, 0.29) is 0 Å². The number of aryl methyl sites for hydroxylation is 1. The van der Waals surface area contributed by atoms with Crippen LogP contribution in [0.2, 0.25) is 0 Å². The highest BCUT2D eigenvalue weighted by atomic mass is 14.1. The molecule has 0 aliphatic rings. The predicted molar refractivity (Wildman–Crippen MR) is 69.3 cm³/mol. The van der Waals surface area contributed by atoms with Gasteiger partial charge >= 0.3 is 0 Å². The van der Waals surface area contributed by atoms with E-state index in [1.54, 1.807) is 0 Å². The molecule has 16 heavy (non-hydrogen) atoms. The zero-order valence-electron chi connectivity index (χ0n) is 9.74. The summed E-state index contributed by atoms with van der Waals surface area (Å²) in [4.78, 5) is 0. The zero-order valence-corrected chi connectivity index (χ0v) is 9.74. The van der Waals surface area contributed by atoms with Crippen LogP contribution >= 0.6 is 0 Å². The SMILES string of the molecule is CCCCc1c[c]ccc1-c1ccccc1. The van der Waals surface area contributed by atoms with Crippen molar-refractivity contribution >= 4 is 0 Å². The van der Waals surface area contributed by atoms with Crippen molar-refractivity contribution in [3.8, 4) is 11.1 Å². The number of benzene rings is 2. The molecular formula is C16H17.